The lowest BCUT2D eigenvalue weighted by atomic mass is 10.0. The first-order chi connectivity index (χ1) is 9.49. The van der Waals surface area contributed by atoms with E-state index in [1.807, 2.05) is 0 Å². The molecule has 2 aromatic rings. The number of benzene rings is 1. The van der Waals surface area contributed by atoms with E-state index in [2.05, 4.69) is 31.1 Å². The van der Waals surface area contributed by atoms with Crippen molar-refractivity contribution in [3.05, 3.63) is 23.8 Å². The van der Waals surface area contributed by atoms with E-state index in [-0.39, 0.29) is 11.6 Å². The molecule has 0 saturated carbocycles. The van der Waals surface area contributed by atoms with Crippen molar-refractivity contribution in [3.63, 3.8) is 0 Å². The van der Waals surface area contributed by atoms with Crippen LogP contribution in [0, 0.1) is 5.92 Å². The van der Waals surface area contributed by atoms with Crippen LogP contribution in [0.15, 0.2) is 22.6 Å². The average molecular weight is 276 g/mol. The number of aromatic nitrogens is 1. The second-order valence-electron chi connectivity index (χ2n) is 5.30. The Hall–Kier alpha value is -2.04. The van der Waals surface area contributed by atoms with Crippen LogP contribution < -0.4 is 5.32 Å². The summed E-state index contributed by atoms with van der Waals surface area (Å²) in [5.41, 5.74) is 1.35. The maximum absolute atomic E-state index is 10.9. The number of nitrogens with zero attached hydrogens (tertiary/aromatic N) is 1. The third-order valence-corrected chi connectivity index (χ3v) is 3.46. The van der Waals surface area contributed by atoms with Crippen LogP contribution in [-0.2, 0) is 0 Å². The number of carboxylic acid groups (broad SMARTS) is 1. The summed E-state index contributed by atoms with van der Waals surface area (Å²) in [4.78, 5) is 15.2. The molecule has 0 aliphatic carbocycles. The van der Waals surface area contributed by atoms with Crippen LogP contribution in [0.25, 0.3) is 11.1 Å². The summed E-state index contributed by atoms with van der Waals surface area (Å²) in [6, 6.07) is 5.39. The summed E-state index contributed by atoms with van der Waals surface area (Å²) in [6.45, 7) is 6.47. The number of aromatic carboxylic acids is 1. The Morgan fingerprint density at radius 1 is 1.45 bits per heavy atom. The number of nitrogens with one attached hydrogen (secondary N) is 1. The van der Waals surface area contributed by atoms with E-state index in [1.54, 1.807) is 6.07 Å². The summed E-state index contributed by atoms with van der Waals surface area (Å²) >= 11 is 0. The van der Waals surface area contributed by atoms with Crippen molar-refractivity contribution in [2.24, 2.45) is 5.92 Å². The maximum Gasteiger partial charge on any atom is 0.335 e. The molecule has 20 heavy (non-hydrogen) atoms. The Morgan fingerprint density at radius 2 is 2.20 bits per heavy atom. The van der Waals surface area contributed by atoms with Crippen LogP contribution in [0.1, 0.15) is 44.0 Å². The lowest BCUT2D eigenvalue weighted by Gasteiger charge is -2.15. The van der Waals surface area contributed by atoms with Crippen LogP contribution in [0.2, 0.25) is 0 Å². The predicted octanol–water partition coefficient (Wildman–Crippen LogP) is 3.76. The molecule has 2 rings (SSSR count). The molecule has 5 heteroatoms. The molecular formula is C15H20N2O3. The van der Waals surface area contributed by atoms with E-state index in [4.69, 9.17) is 9.52 Å². The second kappa shape index (κ2) is 5.94. The molecule has 0 amide bonds. The minimum Gasteiger partial charge on any atom is -0.478 e. The lowest BCUT2D eigenvalue weighted by Crippen LogP contribution is -2.18. The van der Waals surface area contributed by atoms with Gasteiger partial charge in [0, 0.05) is 6.04 Å². The van der Waals surface area contributed by atoms with Crippen molar-refractivity contribution < 1.29 is 14.3 Å². The highest BCUT2D eigenvalue weighted by molar-refractivity contribution is 5.92. The van der Waals surface area contributed by atoms with Gasteiger partial charge in [-0.15, -0.1) is 0 Å². The van der Waals surface area contributed by atoms with Crippen LogP contribution in [0.3, 0.4) is 0 Å². The van der Waals surface area contributed by atoms with Crippen LogP contribution in [0.4, 0.5) is 6.01 Å². The summed E-state index contributed by atoms with van der Waals surface area (Å²) in [6.07, 6.45) is 2.18. The van der Waals surface area contributed by atoms with Crippen molar-refractivity contribution in [1.82, 2.24) is 4.98 Å². The van der Waals surface area contributed by atoms with E-state index >= 15 is 0 Å². The topological polar surface area (TPSA) is 75.4 Å². The average Bonchev–Trinajstić information content (AvgIpc) is 2.78. The number of hydrogen-bond acceptors (Lipinski definition) is 4. The SMILES string of the molecule is CCC(C)CC(C)Nc1nc2ccc(C(=O)O)cc2o1. The zero-order valence-electron chi connectivity index (χ0n) is 12.0. The monoisotopic (exact) mass is 276 g/mol. The van der Waals surface area contributed by atoms with Gasteiger partial charge in [-0.1, -0.05) is 20.3 Å². The fourth-order valence-electron chi connectivity index (χ4n) is 2.16. The molecule has 2 unspecified atom stereocenters. The number of carbonyl (C=O) groups is 1. The molecule has 0 saturated heterocycles. The summed E-state index contributed by atoms with van der Waals surface area (Å²) in [5.74, 6) is -0.330. The molecule has 108 valence electrons. The molecule has 0 aliphatic rings. The minimum absolute atomic E-state index is 0.202. The van der Waals surface area contributed by atoms with Crippen LogP contribution >= 0.6 is 0 Å². The maximum atomic E-state index is 10.9. The largest absolute Gasteiger partial charge is 0.478 e. The highest BCUT2D eigenvalue weighted by Crippen LogP contribution is 2.22. The first-order valence-electron chi connectivity index (χ1n) is 6.90. The Morgan fingerprint density at radius 3 is 2.85 bits per heavy atom. The third-order valence-electron chi connectivity index (χ3n) is 3.46. The van der Waals surface area contributed by atoms with Gasteiger partial charge in [0.15, 0.2) is 5.58 Å². The predicted molar refractivity (Wildman–Crippen MR) is 78.1 cm³/mol. The Kier molecular flexibility index (Phi) is 4.27. The van der Waals surface area contributed by atoms with E-state index in [0.29, 0.717) is 23.0 Å². The van der Waals surface area contributed by atoms with Crippen molar-refractivity contribution in [1.29, 1.82) is 0 Å². The minimum atomic E-state index is -0.969. The van der Waals surface area contributed by atoms with Gasteiger partial charge in [-0.3, -0.25) is 0 Å². The van der Waals surface area contributed by atoms with Crippen molar-refractivity contribution in [3.8, 4) is 0 Å². The van der Waals surface area contributed by atoms with Gasteiger partial charge in [0.1, 0.15) is 5.52 Å². The van der Waals surface area contributed by atoms with Gasteiger partial charge < -0.3 is 14.8 Å². The molecule has 1 aromatic heterocycles. The molecule has 1 aromatic carbocycles. The number of rotatable bonds is 6. The molecule has 2 atom stereocenters. The van der Waals surface area contributed by atoms with Gasteiger partial charge in [-0.2, -0.15) is 4.98 Å². The molecule has 2 N–H and O–H groups in total. The fraction of sp³-hybridized carbons (Fsp3) is 0.467. The number of oxazole rings is 1. The van der Waals surface area contributed by atoms with Crippen molar-refractivity contribution in [2.75, 3.05) is 5.32 Å². The van der Waals surface area contributed by atoms with Gasteiger partial charge in [0.05, 0.1) is 5.56 Å². The van der Waals surface area contributed by atoms with Gasteiger partial charge in [-0.25, -0.2) is 4.79 Å². The highest BCUT2D eigenvalue weighted by atomic mass is 16.4. The summed E-state index contributed by atoms with van der Waals surface area (Å²) < 4.78 is 5.56. The molecule has 0 radical (unpaired) electrons. The number of carboxylic acids is 1. The molecule has 0 spiro atoms. The standard InChI is InChI=1S/C15H20N2O3/c1-4-9(2)7-10(3)16-15-17-12-6-5-11(14(18)19)8-13(12)20-15/h5-6,8-10H,4,7H2,1-3H3,(H,16,17)(H,18,19). The van der Waals surface area contributed by atoms with Crippen LogP contribution in [0.5, 0.6) is 0 Å². The zero-order chi connectivity index (χ0) is 14.7. The van der Waals surface area contributed by atoms with E-state index < -0.39 is 5.97 Å². The molecule has 1 heterocycles. The quantitative estimate of drug-likeness (QED) is 0.840. The first kappa shape index (κ1) is 14.4. The first-order valence-corrected chi connectivity index (χ1v) is 6.90. The Balaban J connectivity index is 2.13. The van der Waals surface area contributed by atoms with Gasteiger partial charge in [-0.05, 0) is 37.5 Å². The van der Waals surface area contributed by atoms with Gasteiger partial charge >= 0.3 is 5.97 Å². The van der Waals surface area contributed by atoms with Gasteiger partial charge in [0.25, 0.3) is 6.01 Å². The van der Waals surface area contributed by atoms with Crippen molar-refractivity contribution in [2.45, 2.75) is 39.7 Å². The van der Waals surface area contributed by atoms with Crippen molar-refractivity contribution >= 4 is 23.1 Å². The van der Waals surface area contributed by atoms with E-state index in [9.17, 15) is 4.79 Å². The fourth-order valence-corrected chi connectivity index (χ4v) is 2.16. The summed E-state index contributed by atoms with van der Waals surface area (Å²) in [5, 5.41) is 12.2. The molecule has 0 fully saturated rings. The lowest BCUT2D eigenvalue weighted by molar-refractivity contribution is 0.0697. The van der Waals surface area contributed by atoms with E-state index in [1.165, 1.54) is 12.1 Å². The molecule has 5 nitrogen and oxygen atoms in total. The Bertz CT molecular complexity index is 606. The molecular weight excluding hydrogens is 256 g/mol. The van der Waals surface area contributed by atoms with Gasteiger partial charge in [0.2, 0.25) is 0 Å². The Labute approximate surface area is 118 Å². The molecule has 0 aliphatic heterocycles. The zero-order valence-corrected chi connectivity index (χ0v) is 12.0. The number of anilines is 1. The summed E-state index contributed by atoms with van der Waals surface area (Å²) in [7, 11) is 0. The number of fused-ring (bicyclic) bond motifs is 1. The third kappa shape index (κ3) is 3.29. The van der Waals surface area contributed by atoms with E-state index in [0.717, 1.165) is 12.8 Å². The normalized spacial score (nSPS) is 14.2. The highest BCUT2D eigenvalue weighted by Gasteiger charge is 2.12. The second-order valence-corrected chi connectivity index (χ2v) is 5.30. The molecule has 0 bridgehead atoms. The van der Waals surface area contributed by atoms with Crippen LogP contribution in [-0.4, -0.2) is 22.1 Å². The smallest absolute Gasteiger partial charge is 0.335 e. The number of hydrogen-bond donors (Lipinski definition) is 2.